The third kappa shape index (κ3) is 4.97. The third-order valence-electron chi connectivity index (χ3n) is 6.36. The quantitative estimate of drug-likeness (QED) is 0.364. The van der Waals surface area contributed by atoms with Crippen molar-refractivity contribution in [1.82, 2.24) is 19.8 Å². The van der Waals surface area contributed by atoms with Gasteiger partial charge in [0.15, 0.2) is 0 Å². The van der Waals surface area contributed by atoms with Crippen molar-refractivity contribution in [2.24, 2.45) is 0 Å². The first-order valence-corrected chi connectivity index (χ1v) is 13.3. The molecule has 196 valence electrons. The van der Waals surface area contributed by atoms with Crippen LogP contribution in [0.2, 0.25) is 0 Å². The molecule has 38 heavy (non-hydrogen) atoms. The van der Waals surface area contributed by atoms with Crippen molar-refractivity contribution in [1.29, 1.82) is 0 Å². The molecule has 8 nitrogen and oxygen atoms in total. The molecule has 0 aliphatic heterocycles. The number of rotatable bonds is 6. The number of methoxy groups -OCH3 is 1. The predicted molar refractivity (Wildman–Crippen MR) is 139 cm³/mol. The minimum absolute atomic E-state index is 0.142. The number of fused-ring (bicyclic) bond motifs is 2. The summed E-state index contributed by atoms with van der Waals surface area (Å²) in [7, 11) is -3.26. The van der Waals surface area contributed by atoms with Crippen LogP contribution in [-0.4, -0.2) is 37.9 Å². The van der Waals surface area contributed by atoms with E-state index in [1.165, 1.54) is 7.11 Å². The molecule has 11 heteroatoms. The topological polar surface area (TPSA) is 102 Å². The second-order valence-electron chi connectivity index (χ2n) is 8.78. The largest absolute Gasteiger partial charge is 0.495 e. The Labute approximate surface area is 218 Å². The molecule has 2 N–H and O–H groups in total. The molecule has 0 atom stereocenters. The summed E-state index contributed by atoms with van der Waals surface area (Å²) in [5, 5.41) is 8.83. The second-order valence-corrected chi connectivity index (χ2v) is 10.4. The van der Waals surface area contributed by atoms with E-state index in [2.05, 4.69) is 10.4 Å². The fraction of sp³-hybridized carbons (Fsp3) is 0.185. The number of sulfonamides is 1. The standard InChI is InChI=1S/C27H24F2N4O4S/c1-37-24-12-10-20(28)14-25(24)38(35,36)32-27(34)30-16-23(29)22-8-4-7-19-15-31-33(26(19)22)21-11-9-17-5-2-3-6-18(17)13-21/h2-3,5-6,9-15H,4,7-8,16H2,1H3,(H2,30,32,34). The molecule has 3 aromatic carbocycles. The lowest BCUT2D eigenvalue weighted by Crippen LogP contribution is -2.40. The summed E-state index contributed by atoms with van der Waals surface area (Å²) < 4.78 is 62.7. The smallest absolute Gasteiger partial charge is 0.329 e. The summed E-state index contributed by atoms with van der Waals surface area (Å²) >= 11 is 0. The van der Waals surface area contributed by atoms with Gasteiger partial charge in [-0.15, -0.1) is 0 Å². The van der Waals surface area contributed by atoms with Crippen LogP contribution in [0.25, 0.3) is 22.0 Å². The van der Waals surface area contributed by atoms with Gasteiger partial charge in [0, 0.05) is 5.57 Å². The van der Waals surface area contributed by atoms with Crippen LogP contribution in [-0.2, 0) is 16.4 Å². The number of amides is 2. The van der Waals surface area contributed by atoms with Gasteiger partial charge in [-0.1, -0.05) is 30.3 Å². The summed E-state index contributed by atoms with van der Waals surface area (Å²) in [5.41, 5.74) is 2.69. The Morgan fingerprint density at radius 1 is 1.08 bits per heavy atom. The van der Waals surface area contributed by atoms with Crippen LogP contribution < -0.4 is 14.8 Å². The van der Waals surface area contributed by atoms with Gasteiger partial charge in [-0.25, -0.2) is 31.4 Å². The third-order valence-corrected chi connectivity index (χ3v) is 7.71. The Kier molecular flexibility index (Phi) is 6.85. The molecule has 0 saturated heterocycles. The number of nitrogens with one attached hydrogen (secondary N) is 2. The lowest BCUT2D eigenvalue weighted by Gasteiger charge is -2.19. The highest BCUT2D eigenvalue weighted by Crippen LogP contribution is 2.35. The number of hydrogen-bond acceptors (Lipinski definition) is 5. The fourth-order valence-corrected chi connectivity index (χ4v) is 5.68. The molecule has 1 heterocycles. The van der Waals surface area contributed by atoms with Crippen LogP contribution in [0.5, 0.6) is 5.75 Å². The Hall–Kier alpha value is -4.25. The van der Waals surface area contributed by atoms with Gasteiger partial charge in [0.05, 0.1) is 31.2 Å². The van der Waals surface area contributed by atoms with E-state index in [9.17, 15) is 17.6 Å². The molecule has 1 aliphatic rings. The van der Waals surface area contributed by atoms with Gasteiger partial charge in [-0.05, 0) is 65.9 Å². The van der Waals surface area contributed by atoms with Crippen LogP contribution in [0.3, 0.4) is 0 Å². The highest BCUT2D eigenvalue weighted by molar-refractivity contribution is 7.90. The Morgan fingerprint density at radius 2 is 1.87 bits per heavy atom. The first-order chi connectivity index (χ1) is 18.3. The SMILES string of the molecule is COc1ccc(F)cc1S(=O)(=O)NC(=O)NCC(F)=C1CCCc2cnn(-c3ccc4ccccc4c3)c21. The van der Waals surface area contributed by atoms with Crippen molar-refractivity contribution in [3.8, 4) is 11.4 Å². The highest BCUT2D eigenvalue weighted by atomic mass is 32.2. The first kappa shape index (κ1) is 25.4. The number of aromatic nitrogens is 2. The normalized spacial score (nSPS) is 14.6. The van der Waals surface area contributed by atoms with Crippen LogP contribution in [0, 0.1) is 5.82 Å². The lowest BCUT2D eigenvalue weighted by molar-refractivity contribution is 0.246. The molecular formula is C27H24F2N4O4S. The minimum Gasteiger partial charge on any atom is -0.495 e. The van der Waals surface area contributed by atoms with E-state index in [0.29, 0.717) is 24.1 Å². The molecule has 1 aromatic heterocycles. The number of hydrogen-bond donors (Lipinski definition) is 2. The van der Waals surface area contributed by atoms with E-state index in [0.717, 1.165) is 46.6 Å². The molecule has 4 aromatic rings. The molecular weight excluding hydrogens is 514 g/mol. The van der Waals surface area contributed by atoms with Crippen molar-refractivity contribution in [3.63, 3.8) is 0 Å². The maximum Gasteiger partial charge on any atom is 0.329 e. The highest BCUT2D eigenvalue weighted by Gasteiger charge is 2.26. The van der Waals surface area contributed by atoms with Gasteiger partial charge in [0.2, 0.25) is 0 Å². The van der Waals surface area contributed by atoms with Gasteiger partial charge in [-0.3, -0.25) is 0 Å². The zero-order chi connectivity index (χ0) is 26.9. The summed E-state index contributed by atoms with van der Waals surface area (Å²) in [6, 6.07) is 15.5. The number of carbonyl (C=O) groups excluding carboxylic acids is 1. The van der Waals surface area contributed by atoms with Crippen molar-refractivity contribution >= 4 is 32.4 Å². The second kappa shape index (κ2) is 10.3. The molecule has 1 aliphatic carbocycles. The van der Waals surface area contributed by atoms with Crippen molar-refractivity contribution < 1.29 is 26.7 Å². The number of ether oxygens (including phenoxy) is 1. The maximum atomic E-state index is 15.5. The number of aryl methyl sites for hydroxylation is 1. The predicted octanol–water partition coefficient (Wildman–Crippen LogP) is 4.88. The fourth-order valence-electron chi connectivity index (χ4n) is 4.57. The van der Waals surface area contributed by atoms with Crippen LogP contribution in [0.15, 0.2) is 77.6 Å². The van der Waals surface area contributed by atoms with Gasteiger partial charge in [0.1, 0.15) is 22.3 Å². The number of halogens is 2. The molecule has 0 unspecified atom stereocenters. The average molecular weight is 539 g/mol. The van der Waals surface area contributed by atoms with E-state index in [-0.39, 0.29) is 5.75 Å². The number of carbonyl (C=O) groups is 1. The zero-order valence-corrected chi connectivity index (χ0v) is 21.2. The van der Waals surface area contributed by atoms with Gasteiger partial charge in [0.25, 0.3) is 10.0 Å². The molecule has 5 rings (SSSR count). The van der Waals surface area contributed by atoms with Crippen LogP contribution in [0.4, 0.5) is 13.6 Å². The van der Waals surface area contributed by atoms with Crippen molar-refractivity contribution in [2.45, 2.75) is 24.2 Å². The van der Waals surface area contributed by atoms with E-state index >= 15 is 4.39 Å². The molecule has 0 spiro atoms. The summed E-state index contributed by atoms with van der Waals surface area (Å²) in [5.74, 6) is -1.57. The number of urea groups is 1. The Morgan fingerprint density at radius 3 is 2.66 bits per heavy atom. The van der Waals surface area contributed by atoms with Crippen LogP contribution in [0.1, 0.15) is 24.1 Å². The molecule has 0 radical (unpaired) electrons. The first-order valence-electron chi connectivity index (χ1n) is 11.8. The molecule has 0 bridgehead atoms. The average Bonchev–Trinajstić information content (AvgIpc) is 3.35. The number of nitrogens with zero attached hydrogens (tertiary/aromatic N) is 2. The maximum absolute atomic E-state index is 15.5. The van der Waals surface area contributed by atoms with Crippen molar-refractivity contribution in [3.05, 3.63) is 89.8 Å². The number of benzene rings is 3. The Bertz CT molecular complexity index is 1680. The van der Waals surface area contributed by atoms with E-state index in [4.69, 9.17) is 4.74 Å². The summed E-state index contributed by atoms with van der Waals surface area (Å²) in [6.07, 6.45) is 3.59. The van der Waals surface area contributed by atoms with E-state index in [1.807, 2.05) is 42.5 Å². The van der Waals surface area contributed by atoms with Crippen molar-refractivity contribution in [2.75, 3.05) is 13.7 Å². The summed E-state index contributed by atoms with van der Waals surface area (Å²) in [4.78, 5) is 11.8. The molecule has 2 amide bonds. The molecule has 0 fully saturated rings. The monoisotopic (exact) mass is 538 g/mol. The van der Waals surface area contributed by atoms with E-state index < -0.39 is 39.1 Å². The van der Waals surface area contributed by atoms with E-state index in [1.54, 1.807) is 15.6 Å². The Balaban J connectivity index is 1.37. The minimum atomic E-state index is -4.48. The zero-order valence-electron chi connectivity index (χ0n) is 20.4. The van der Waals surface area contributed by atoms with Gasteiger partial charge >= 0.3 is 6.03 Å². The lowest BCUT2D eigenvalue weighted by atomic mass is 9.92. The number of allylic oxidation sites excluding steroid dienone is 1. The van der Waals surface area contributed by atoms with Gasteiger partial charge < -0.3 is 10.1 Å². The summed E-state index contributed by atoms with van der Waals surface area (Å²) in [6.45, 7) is -0.542. The molecule has 0 saturated carbocycles. The van der Waals surface area contributed by atoms with Crippen LogP contribution >= 0.6 is 0 Å². The van der Waals surface area contributed by atoms with Gasteiger partial charge in [-0.2, -0.15) is 5.10 Å².